The van der Waals surface area contributed by atoms with Gasteiger partial charge >= 0.3 is 11.8 Å². The van der Waals surface area contributed by atoms with Crippen molar-refractivity contribution in [3.63, 3.8) is 0 Å². The van der Waals surface area contributed by atoms with E-state index < -0.39 is 11.8 Å². The summed E-state index contributed by atoms with van der Waals surface area (Å²) in [6.45, 7) is 2.85. The van der Waals surface area contributed by atoms with Crippen LogP contribution in [0.1, 0.15) is 13.3 Å². The van der Waals surface area contributed by atoms with Crippen LogP contribution in [0.5, 0.6) is 0 Å². The molecule has 74 valence electrons. The summed E-state index contributed by atoms with van der Waals surface area (Å²) in [5, 5.41) is 11.1. The van der Waals surface area contributed by atoms with Crippen LogP contribution in [0.4, 0.5) is 0 Å². The Bertz CT molecular complexity index is 217. The number of amides is 2. The Morgan fingerprint density at radius 2 is 2.31 bits per heavy atom. The molecule has 1 saturated heterocycles. The van der Waals surface area contributed by atoms with Crippen molar-refractivity contribution in [1.82, 2.24) is 10.2 Å². The molecule has 1 atom stereocenters. The monoisotopic (exact) mass is 186 g/mol. The van der Waals surface area contributed by atoms with Crippen molar-refractivity contribution in [2.24, 2.45) is 0 Å². The van der Waals surface area contributed by atoms with Crippen LogP contribution in [0.15, 0.2) is 0 Å². The van der Waals surface area contributed by atoms with Crippen LogP contribution in [0.25, 0.3) is 0 Å². The number of nitrogens with zero attached hydrogens (tertiary/aromatic N) is 1. The first-order valence-electron chi connectivity index (χ1n) is 4.36. The smallest absolute Gasteiger partial charge is 0.312 e. The van der Waals surface area contributed by atoms with E-state index in [0.29, 0.717) is 19.5 Å². The fourth-order valence-electron chi connectivity index (χ4n) is 1.32. The maximum atomic E-state index is 11.3. The van der Waals surface area contributed by atoms with Crippen molar-refractivity contribution >= 4 is 11.8 Å². The van der Waals surface area contributed by atoms with E-state index in [9.17, 15) is 9.59 Å². The number of rotatable bonds is 3. The lowest BCUT2D eigenvalue weighted by atomic mass is 10.2. The maximum absolute atomic E-state index is 11.3. The van der Waals surface area contributed by atoms with E-state index in [1.165, 1.54) is 4.90 Å². The number of hydrogen-bond acceptors (Lipinski definition) is 3. The van der Waals surface area contributed by atoms with E-state index in [-0.39, 0.29) is 12.6 Å². The molecule has 0 spiro atoms. The molecule has 0 aromatic carbocycles. The Hall–Kier alpha value is -1.10. The summed E-state index contributed by atoms with van der Waals surface area (Å²) >= 11 is 0. The number of aliphatic hydroxyl groups is 1. The molecule has 0 aliphatic carbocycles. The van der Waals surface area contributed by atoms with Gasteiger partial charge < -0.3 is 15.3 Å². The Labute approximate surface area is 76.7 Å². The summed E-state index contributed by atoms with van der Waals surface area (Å²) in [5.41, 5.74) is 0. The molecule has 1 aliphatic heterocycles. The van der Waals surface area contributed by atoms with Crippen LogP contribution in [0.3, 0.4) is 0 Å². The molecule has 1 fully saturated rings. The highest BCUT2D eigenvalue weighted by molar-refractivity contribution is 6.35. The average Bonchev–Trinajstić information content (AvgIpc) is 2.12. The van der Waals surface area contributed by atoms with Crippen molar-refractivity contribution in [2.75, 3.05) is 19.7 Å². The van der Waals surface area contributed by atoms with Gasteiger partial charge in [0.1, 0.15) is 0 Å². The van der Waals surface area contributed by atoms with Gasteiger partial charge in [0, 0.05) is 25.7 Å². The first kappa shape index (κ1) is 9.98. The van der Waals surface area contributed by atoms with Crippen molar-refractivity contribution in [3.05, 3.63) is 0 Å². The zero-order chi connectivity index (χ0) is 9.84. The van der Waals surface area contributed by atoms with Crippen molar-refractivity contribution in [1.29, 1.82) is 0 Å². The fourth-order valence-corrected chi connectivity index (χ4v) is 1.32. The third kappa shape index (κ3) is 2.18. The molecule has 2 N–H and O–H groups in total. The van der Waals surface area contributed by atoms with Gasteiger partial charge in [-0.2, -0.15) is 0 Å². The SMILES string of the molecule is CC1CNC(=O)C(=O)N1CCCO. The lowest BCUT2D eigenvalue weighted by Gasteiger charge is -2.32. The van der Waals surface area contributed by atoms with E-state index >= 15 is 0 Å². The molecule has 5 nitrogen and oxygen atoms in total. The predicted molar refractivity (Wildman–Crippen MR) is 45.9 cm³/mol. The molecule has 1 heterocycles. The summed E-state index contributed by atoms with van der Waals surface area (Å²) in [4.78, 5) is 23.7. The van der Waals surface area contributed by atoms with E-state index in [0.717, 1.165) is 0 Å². The molecule has 0 radical (unpaired) electrons. The molecule has 0 aromatic rings. The zero-order valence-corrected chi connectivity index (χ0v) is 7.62. The largest absolute Gasteiger partial charge is 0.396 e. The number of aliphatic hydroxyl groups excluding tert-OH is 1. The molecule has 0 saturated carbocycles. The molecule has 1 unspecified atom stereocenters. The summed E-state index contributed by atoms with van der Waals surface area (Å²) in [5.74, 6) is -1.04. The highest BCUT2D eigenvalue weighted by Gasteiger charge is 2.30. The van der Waals surface area contributed by atoms with Gasteiger partial charge in [-0.25, -0.2) is 0 Å². The van der Waals surface area contributed by atoms with E-state index in [1.54, 1.807) is 0 Å². The molecule has 0 aromatic heterocycles. The maximum Gasteiger partial charge on any atom is 0.312 e. The van der Waals surface area contributed by atoms with Gasteiger partial charge in [-0.15, -0.1) is 0 Å². The van der Waals surface area contributed by atoms with Gasteiger partial charge in [-0.3, -0.25) is 9.59 Å². The molecule has 2 amide bonds. The summed E-state index contributed by atoms with van der Waals surface area (Å²) in [6.07, 6.45) is 0.517. The molecule has 5 heteroatoms. The third-order valence-electron chi connectivity index (χ3n) is 2.10. The quantitative estimate of drug-likeness (QED) is 0.539. The first-order valence-corrected chi connectivity index (χ1v) is 4.36. The van der Waals surface area contributed by atoms with Crippen LogP contribution in [0, 0.1) is 0 Å². The summed E-state index contributed by atoms with van der Waals surface area (Å²) < 4.78 is 0. The number of hydrogen-bond donors (Lipinski definition) is 2. The molecule has 0 bridgehead atoms. The Kier molecular flexibility index (Phi) is 3.25. The van der Waals surface area contributed by atoms with E-state index in [4.69, 9.17) is 5.11 Å². The van der Waals surface area contributed by atoms with Crippen molar-refractivity contribution in [3.8, 4) is 0 Å². The summed E-state index contributed by atoms with van der Waals surface area (Å²) in [6, 6.07) is 0.0248. The lowest BCUT2D eigenvalue weighted by molar-refractivity contribution is -0.150. The van der Waals surface area contributed by atoms with Crippen molar-refractivity contribution in [2.45, 2.75) is 19.4 Å². The minimum Gasteiger partial charge on any atom is -0.396 e. The highest BCUT2D eigenvalue weighted by Crippen LogP contribution is 2.04. The van der Waals surface area contributed by atoms with Crippen LogP contribution in [-0.4, -0.2) is 47.6 Å². The Balaban J connectivity index is 2.56. The number of carbonyl (C=O) groups is 2. The van der Waals surface area contributed by atoms with Crippen LogP contribution in [-0.2, 0) is 9.59 Å². The molecule has 1 aliphatic rings. The normalized spacial score (nSPS) is 23.2. The van der Waals surface area contributed by atoms with Gasteiger partial charge in [-0.05, 0) is 13.3 Å². The number of piperazine rings is 1. The first-order chi connectivity index (χ1) is 6.16. The van der Waals surface area contributed by atoms with Gasteiger partial charge in [0.15, 0.2) is 0 Å². The molecular formula is C8H14N2O3. The Morgan fingerprint density at radius 1 is 1.62 bits per heavy atom. The van der Waals surface area contributed by atoms with E-state index in [1.807, 2.05) is 6.92 Å². The van der Waals surface area contributed by atoms with Crippen LogP contribution >= 0.6 is 0 Å². The third-order valence-corrected chi connectivity index (χ3v) is 2.10. The van der Waals surface area contributed by atoms with Gasteiger partial charge in [0.25, 0.3) is 0 Å². The number of carbonyl (C=O) groups excluding carboxylic acids is 2. The van der Waals surface area contributed by atoms with Crippen molar-refractivity contribution < 1.29 is 14.7 Å². The second-order valence-corrected chi connectivity index (χ2v) is 3.13. The lowest BCUT2D eigenvalue weighted by Crippen LogP contribution is -2.57. The molecule has 1 rings (SSSR count). The number of nitrogens with one attached hydrogen (secondary N) is 1. The second-order valence-electron chi connectivity index (χ2n) is 3.13. The topological polar surface area (TPSA) is 69.6 Å². The van der Waals surface area contributed by atoms with Gasteiger partial charge in [0.05, 0.1) is 0 Å². The minimum atomic E-state index is -0.545. The zero-order valence-electron chi connectivity index (χ0n) is 7.62. The predicted octanol–water partition coefficient (Wildman–Crippen LogP) is -1.28. The highest BCUT2D eigenvalue weighted by atomic mass is 16.3. The van der Waals surface area contributed by atoms with Crippen LogP contribution in [0.2, 0.25) is 0 Å². The van der Waals surface area contributed by atoms with Crippen LogP contribution < -0.4 is 5.32 Å². The van der Waals surface area contributed by atoms with E-state index in [2.05, 4.69) is 5.32 Å². The summed E-state index contributed by atoms with van der Waals surface area (Å²) in [7, 11) is 0. The molecule has 13 heavy (non-hydrogen) atoms. The minimum absolute atomic E-state index is 0.0248. The van der Waals surface area contributed by atoms with Gasteiger partial charge in [-0.1, -0.05) is 0 Å². The second kappa shape index (κ2) is 4.23. The fraction of sp³-hybridized carbons (Fsp3) is 0.750. The van der Waals surface area contributed by atoms with Gasteiger partial charge in [0.2, 0.25) is 0 Å². The standard InChI is InChI=1S/C8H14N2O3/c1-6-5-9-7(12)8(13)10(6)3-2-4-11/h6,11H,2-5H2,1H3,(H,9,12). The average molecular weight is 186 g/mol. The Morgan fingerprint density at radius 3 is 2.92 bits per heavy atom. The molecular weight excluding hydrogens is 172 g/mol.